The summed E-state index contributed by atoms with van der Waals surface area (Å²) in [6, 6.07) is 6.68. The van der Waals surface area contributed by atoms with Gasteiger partial charge in [0.15, 0.2) is 0 Å². The number of nitriles is 1. The summed E-state index contributed by atoms with van der Waals surface area (Å²) in [6.45, 7) is 0.733. The molecule has 1 aliphatic heterocycles. The number of anilines is 1. The molecule has 3 rings (SSSR count). The highest BCUT2D eigenvalue weighted by molar-refractivity contribution is 5.59. The van der Waals surface area contributed by atoms with Crippen LogP contribution in [0, 0.1) is 27.4 Å². The van der Waals surface area contributed by atoms with E-state index in [2.05, 4.69) is 5.32 Å². The van der Waals surface area contributed by atoms with Gasteiger partial charge in [0.2, 0.25) is 0 Å². The largest absolute Gasteiger partial charge is 0.379 e. The first-order chi connectivity index (χ1) is 9.69. The summed E-state index contributed by atoms with van der Waals surface area (Å²) in [6.07, 6.45) is 3.53. The SMILES string of the molecule is N#Cc1ccc(NC2CCOC2C2CC2)cc1[N+](=O)[O-]. The number of ether oxygens (including phenoxy) is 1. The molecular weight excluding hydrogens is 258 g/mol. The van der Waals surface area contributed by atoms with Gasteiger partial charge in [-0.2, -0.15) is 5.26 Å². The van der Waals surface area contributed by atoms with E-state index in [-0.39, 0.29) is 23.4 Å². The average Bonchev–Trinajstić information content (AvgIpc) is 3.19. The standard InChI is InChI=1S/C14H15N3O3/c15-8-10-3-4-11(7-13(10)17(18)19)16-12-5-6-20-14(12)9-1-2-9/h3-4,7,9,12,14,16H,1-2,5-6H2. The molecule has 0 amide bonds. The minimum atomic E-state index is -0.521. The first kappa shape index (κ1) is 12.9. The van der Waals surface area contributed by atoms with E-state index in [0.717, 1.165) is 13.0 Å². The third-order valence-electron chi connectivity index (χ3n) is 3.89. The van der Waals surface area contributed by atoms with Gasteiger partial charge < -0.3 is 10.1 Å². The Balaban J connectivity index is 1.79. The summed E-state index contributed by atoms with van der Waals surface area (Å²) in [5, 5.41) is 23.1. The van der Waals surface area contributed by atoms with Crippen molar-refractivity contribution in [2.45, 2.75) is 31.4 Å². The van der Waals surface area contributed by atoms with Gasteiger partial charge in [-0.15, -0.1) is 0 Å². The van der Waals surface area contributed by atoms with Crippen molar-refractivity contribution in [2.24, 2.45) is 5.92 Å². The van der Waals surface area contributed by atoms with Gasteiger partial charge in [-0.05, 0) is 37.3 Å². The molecule has 1 saturated heterocycles. The van der Waals surface area contributed by atoms with Crippen LogP contribution in [0.4, 0.5) is 11.4 Å². The minimum Gasteiger partial charge on any atom is -0.379 e. The number of nitrogens with one attached hydrogen (secondary N) is 1. The van der Waals surface area contributed by atoms with E-state index in [4.69, 9.17) is 10.00 Å². The second kappa shape index (κ2) is 5.10. The molecule has 1 aromatic carbocycles. The number of nitro groups is 1. The van der Waals surface area contributed by atoms with Gasteiger partial charge in [-0.25, -0.2) is 0 Å². The van der Waals surface area contributed by atoms with E-state index < -0.39 is 4.92 Å². The molecule has 0 spiro atoms. The molecule has 0 aromatic heterocycles. The van der Waals surface area contributed by atoms with E-state index in [1.54, 1.807) is 6.07 Å². The number of nitro benzene ring substituents is 1. The summed E-state index contributed by atoms with van der Waals surface area (Å²) in [4.78, 5) is 10.4. The fraction of sp³-hybridized carbons (Fsp3) is 0.500. The molecule has 20 heavy (non-hydrogen) atoms. The van der Waals surface area contributed by atoms with Crippen LogP contribution in [-0.2, 0) is 4.74 Å². The van der Waals surface area contributed by atoms with E-state index in [9.17, 15) is 10.1 Å². The number of benzene rings is 1. The predicted molar refractivity (Wildman–Crippen MR) is 72.3 cm³/mol. The van der Waals surface area contributed by atoms with E-state index in [1.807, 2.05) is 6.07 Å². The third kappa shape index (κ3) is 2.45. The van der Waals surface area contributed by atoms with Crippen molar-refractivity contribution in [1.82, 2.24) is 0 Å². The van der Waals surface area contributed by atoms with Gasteiger partial charge in [0, 0.05) is 18.4 Å². The number of hydrogen-bond donors (Lipinski definition) is 1. The summed E-state index contributed by atoms with van der Waals surface area (Å²) in [5.41, 5.74) is 0.609. The highest BCUT2D eigenvalue weighted by atomic mass is 16.6. The van der Waals surface area contributed by atoms with Gasteiger partial charge in [-0.3, -0.25) is 10.1 Å². The molecule has 1 saturated carbocycles. The Morgan fingerprint density at radius 2 is 2.20 bits per heavy atom. The second-order valence-corrected chi connectivity index (χ2v) is 5.31. The molecule has 0 bridgehead atoms. The highest BCUT2D eigenvalue weighted by Crippen LogP contribution is 2.39. The van der Waals surface area contributed by atoms with Crippen molar-refractivity contribution in [2.75, 3.05) is 11.9 Å². The zero-order valence-electron chi connectivity index (χ0n) is 10.9. The zero-order valence-corrected chi connectivity index (χ0v) is 10.9. The van der Waals surface area contributed by atoms with Crippen molar-refractivity contribution < 1.29 is 9.66 Å². The minimum absolute atomic E-state index is 0.0852. The molecule has 1 N–H and O–H groups in total. The van der Waals surface area contributed by atoms with Crippen LogP contribution in [0.15, 0.2) is 18.2 Å². The maximum absolute atomic E-state index is 11.0. The lowest BCUT2D eigenvalue weighted by atomic mass is 10.1. The fourth-order valence-electron chi connectivity index (χ4n) is 2.74. The van der Waals surface area contributed by atoms with Crippen molar-refractivity contribution in [1.29, 1.82) is 5.26 Å². The number of nitrogens with zero attached hydrogens (tertiary/aromatic N) is 2. The fourth-order valence-corrected chi connectivity index (χ4v) is 2.74. The molecule has 1 aliphatic carbocycles. The summed E-state index contributed by atoms with van der Waals surface area (Å²) < 4.78 is 5.74. The molecule has 2 aliphatic rings. The van der Waals surface area contributed by atoms with Crippen molar-refractivity contribution in [3.05, 3.63) is 33.9 Å². The second-order valence-electron chi connectivity index (χ2n) is 5.31. The normalized spacial score (nSPS) is 25.1. The Morgan fingerprint density at radius 1 is 1.40 bits per heavy atom. The Bertz CT molecular complexity index is 578. The van der Waals surface area contributed by atoms with Gasteiger partial charge >= 0.3 is 0 Å². The lowest BCUT2D eigenvalue weighted by molar-refractivity contribution is -0.385. The van der Waals surface area contributed by atoms with Gasteiger partial charge in [0.25, 0.3) is 5.69 Å². The zero-order chi connectivity index (χ0) is 14.1. The molecular formula is C14H15N3O3. The Hall–Kier alpha value is -2.13. The van der Waals surface area contributed by atoms with E-state index in [0.29, 0.717) is 11.6 Å². The third-order valence-corrected chi connectivity index (χ3v) is 3.89. The Morgan fingerprint density at radius 3 is 2.85 bits per heavy atom. The summed E-state index contributed by atoms with van der Waals surface area (Å²) in [5.74, 6) is 0.628. The van der Waals surface area contributed by atoms with Crippen LogP contribution in [-0.4, -0.2) is 23.7 Å². The van der Waals surface area contributed by atoms with Gasteiger partial charge in [0.05, 0.1) is 17.1 Å². The molecule has 6 nitrogen and oxygen atoms in total. The van der Waals surface area contributed by atoms with E-state index >= 15 is 0 Å². The monoisotopic (exact) mass is 273 g/mol. The first-order valence-electron chi connectivity index (χ1n) is 6.75. The van der Waals surface area contributed by atoms with Gasteiger partial charge in [0.1, 0.15) is 11.6 Å². The summed E-state index contributed by atoms with van der Waals surface area (Å²) >= 11 is 0. The van der Waals surface area contributed by atoms with Crippen molar-refractivity contribution in [3.8, 4) is 6.07 Å². The van der Waals surface area contributed by atoms with Crippen molar-refractivity contribution in [3.63, 3.8) is 0 Å². The van der Waals surface area contributed by atoms with Crippen molar-refractivity contribution >= 4 is 11.4 Å². The molecule has 2 atom stereocenters. The van der Waals surface area contributed by atoms with Gasteiger partial charge in [-0.1, -0.05) is 0 Å². The number of rotatable bonds is 4. The van der Waals surface area contributed by atoms with Crippen LogP contribution in [0.25, 0.3) is 0 Å². The maximum atomic E-state index is 11.0. The topological polar surface area (TPSA) is 88.2 Å². The van der Waals surface area contributed by atoms with Crippen LogP contribution in [0.1, 0.15) is 24.8 Å². The van der Waals surface area contributed by atoms with Crippen LogP contribution in [0.2, 0.25) is 0 Å². The molecule has 2 unspecified atom stereocenters. The molecule has 6 heteroatoms. The van der Waals surface area contributed by atoms with Crippen LogP contribution in [0.3, 0.4) is 0 Å². The lowest BCUT2D eigenvalue weighted by Gasteiger charge is -2.20. The molecule has 104 valence electrons. The molecule has 1 heterocycles. The molecule has 1 aromatic rings. The average molecular weight is 273 g/mol. The number of hydrogen-bond acceptors (Lipinski definition) is 5. The highest BCUT2D eigenvalue weighted by Gasteiger charge is 2.40. The Kier molecular flexibility index (Phi) is 3.28. The molecule has 0 radical (unpaired) electrons. The van der Waals surface area contributed by atoms with Crippen LogP contribution in [0.5, 0.6) is 0 Å². The smallest absolute Gasteiger partial charge is 0.289 e. The first-order valence-corrected chi connectivity index (χ1v) is 6.75. The predicted octanol–water partition coefficient (Wildman–Crippen LogP) is 2.45. The lowest BCUT2D eigenvalue weighted by Crippen LogP contribution is -2.30. The van der Waals surface area contributed by atoms with Crippen LogP contribution >= 0.6 is 0 Å². The summed E-state index contributed by atoms with van der Waals surface area (Å²) in [7, 11) is 0. The quantitative estimate of drug-likeness (QED) is 0.672. The van der Waals surface area contributed by atoms with Crippen LogP contribution < -0.4 is 5.32 Å². The van der Waals surface area contributed by atoms with E-state index in [1.165, 1.54) is 25.0 Å². The maximum Gasteiger partial charge on any atom is 0.289 e. The Labute approximate surface area is 116 Å². The molecule has 2 fully saturated rings.